The molecule has 6 heteroatoms. The second kappa shape index (κ2) is 10.9. The van der Waals surface area contributed by atoms with Crippen LogP contribution >= 0.6 is 0 Å². The molecule has 1 aromatic heterocycles. The molecule has 170 valence electrons. The second-order valence-electron chi connectivity index (χ2n) is 8.62. The van der Waals surface area contributed by atoms with Gasteiger partial charge in [0.2, 0.25) is 0 Å². The van der Waals surface area contributed by atoms with Crippen LogP contribution < -0.4 is 4.90 Å². The van der Waals surface area contributed by atoms with Gasteiger partial charge >= 0.3 is 5.97 Å². The molecule has 0 spiro atoms. The number of fused-ring (bicyclic) bond motifs is 1. The molecule has 0 aliphatic carbocycles. The maximum atomic E-state index is 12.7. The maximum Gasteiger partial charge on any atom is 0.329 e. The molecular formula is C27H30N4O2. The molecule has 1 aliphatic rings. The first-order chi connectivity index (χ1) is 16.2. The summed E-state index contributed by atoms with van der Waals surface area (Å²) in [4.78, 5) is 24.5. The number of carbonyl (C=O) groups is 1. The number of nitriles is 1. The largest absolute Gasteiger partial charge is 0.464 e. The Morgan fingerprint density at radius 2 is 1.76 bits per heavy atom. The van der Waals surface area contributed by atoms with E-state index >= 15 is 0 Å². The average Bonchev–Trinajstić information content (AvgIpc) is 2.85. The van der Waals surface area contributed by atoms with Crippen molar-refractivity contribution in [1.29, 1.82) is 5.26 Å². The first-order valence-corrected chi connectivity index (χ1v) is 11.8. The molecule has 1 atom stereocenters. The highest BCUT2D eigenvalue weighted by atomic mass is 16.5. The maximum absolute atomic E-state index is 12.7. The van der Waals surface area contributed by atoms with Crippen molar-refractivity contribution in [2.75, 3.05) is 24.6 Å². The number of carbonyl (C=O) groups excluding carboxylic acids is 1. The number of piperidine rings is 1. The standard InChI is InChI=1S/C27H30N4O2/c1-2-3-17-33-27(32)22(19-28)25-26(30-24-12-8-7-11-23(24)29-25)31-15-13-21(14-16-31)18-20-9-5-4-6-10-20/h4-12,21-22H,2-3,13-18H2,1H3. The Morgan fingerprint density at radius 1 is 1.09 bits per heavy atom. The highest BCUT2D eigenvalue weighted by molar-refractivity contribution is 5.85. The number of hydrogen-bond acceptors (Lipinski definition) is 6. The third-order valence-corrected chi connectivity index (χ3v) is 6.24. The van der Waals surface area contributed by atoms with Gasteiger partial charge in [0.25, 0.3) is 0 Å². The van der Waals surface area contributed by atoms with Crippen molar-refractivity contribution in [3.8, 4) is 6.07 Å². The van der Waals surface area contributed by atoms with Crippen molar-refractivity contribution in [3.63, 3.8) is 0 Å². The van der Waals surface area contributed by atoms with Crippen molar-refractivity contribution in [2.45, 2.75) is 44.9 Å². The Balaban J connectivity index is 1.57. The highest BCUT2D eigenvalue weighted by Crippen LogP contribution is 2.31. The summed E-state index contributed by atoms with van der Waals surface area (Å²) >= 11 is 0. The lowest BCUT2D eigenvalue weighted by Gasteiger charge is -2.34. The number of unbranched alkanes of at least 4 members (excludes halogenated alkanes) is 1. The van der Waals surface area contributed by atoms with Crippen molar-refractivity contribution in [1.82, 2.24) is 9.97 Å². The Kier molecular flexibility index (Phi) is 7.51. The summed E-state index contributed by atoms with van der Waals surface area (Å²) in [5, 5.41) is 9.87. The number of anilines is 1. The lowest BCUT2D eigenvalue weighted by atomic mass is 9.90. The van der Waals surface area contributed by atoms with Gasteiger partial charge in [0.15, 0.2) is 11.7 Å². The Labute approximate surface area is 195 Å². The topological polar surface area (TPSA) is 79.1 Å². The molecule has 3 aromatic rings. The molecule has 1 saturated heterocycles. The molecule has 1 aliphatic heterocycles. The van der Waals surface area contributed by atoms with Crippen molar-refractivity contribution in [3.05, 3.63) is 65.9 Å². The number of benzene rings is 2. The minimum Gasteiger partial charge on any atom is -0.464 e. The van der Waals surface area contributed by atoms with Crippen LogP contribution in [-0.4, -0.2) is 35.6 Å². The van der Waals surface area contributed by atoms with E-state index in [1.165, 1.54) is 5.56 Å². The zero-order valence-electron chi connectivity index (χ0n) is 19.1. The molecule has 2 heterocycles. The van der Waals surface area contributed by atoms with Gasteiger partial charge in [-0.05, 0) is 49.3 Å². The third-order valence-electron chi connectivity index (χ3n) is 6.24. The molecule has 0 amide bonds. The molecule has 4 rings (SSSR count). The van der Waals surface area contributed by atoms with Crippen molar-refractivity contribution >= 4 is 22.8 Å². The van der Waals surface area contributed by atoms with Gasteiger partial charge in [-0.3, -0.25) is 4.79 Å². The molecule has 0 N–H and O–H groups in total. The van der Waals surface area contributed by atoms with E-state index in [1.54, 1.807) is 0 Å². The molecule has 1 fully saturated rings. The Morgan fingerprint density at radius 3 is 2.42 bits per heavy atom. The number of para-hydroxylation sites is 2. The number of nitrogens with zero attached hydrogens (tertiary/aromatic N) is 4. The summed E-state index contributed by atoms with van der Waals surface area (Å²) in [5.74, 6) is -0.399. The van der Waals surface area contributed by atoms with Crippen LogP contribution in [0.5, 0.6) is 0 Å². The monoisotopic (exact) mass is 442 g/mol. The van der Waals surface area contributed by atoms with Gasteiger partial charge in [-0.2, -0.15) is 5.26 Å². The fourth-order valence-corrected chi connectivity index (χ4v) is 4.35. The van der Waals surface area contributed by atoms with E-state index < -0.39 is 11.9 Å². The average molecular weight is 443 g/mol. The third kappa shape index (κ3) is 5.48. The van der Waals surface area contributed by atoms with Crippen LogP contribution in [0.15, 0.2) is 54.6 Å². The van der Waals surface area contributed by atoms with Crippen LogP contribution in [0.25, 0.3) is 11.0 Å². The van der Waals surface area contributed by atoms with Crippen LogP contribution in [0.1, 0.15) is 49.8 Å². The summed E-state index contributed by atoms with van der Waals surface area (Å²) in [6.07, 6.45) is 4.82. The van der Waals surface area contributed by atoms with Gasteiger partial charge in [-0.15, -0.1) is 0 Å². The molecule has 0 saturated carbocycles. The molecule has 6 nitrogen and oxygen atoms in total. The summed E-state index contributed by atoms with van der Waals surface area (Å²) in [7, 11) is 0. The molecule has 2 aromatic carbocycles. The van der Waals surface area contributed by atoms with Gasteiger partial charge < -0.3 is 9.64 Å². The van der Waals surface area contributed by atoms with E-state index in [4.69, 9.17) is 14.7 Å². The van der Waals surface area contributed by atoms with E-state index in [0.717, 1.165) is 50.7 Å². The lowest BCUT2D eigenvalue weighted by Crippen LogP contribution is -2.36. The normalized spacial score (nSPS) is 15.2. The number of rotatable bonds is 8. The Hall–Kier alpha value is -3.46. The van der Waals surface area contributed by atoms with Gasteiger partial charge in [-0.25, -0.2) is 9.97 Å². The summed E-state index contributed by atoms with van der Waals surface area (Å²) in [6, 6.07) is 20.3. The van der Waals surface area contributed by atoms with Crippen LogP contribution in [0, 0.1) is 17.2 Å². The van der Waals surface area contributed by atoms with Crippen LogP contribution in [-0.2, 0) is 16.0 Å². The fourth-order valence-electron chi connectivity index (χ4n) is 4.35. The molecule has 33 heavy (non-hydrogen) atoms. The fraction of sp³-hybridized carbons (Fsp3) is 0.407. The van der Waals surface area contributed by atoms with Gasteiger partial charge in [0, 0.05) is 13.1 Å². The molecular weight excluding hydrogens is 412 g/mol. The Bertz CT molecular complexity index is 1120. The first kappa shape index (κ1) is 22.7. The van der Waals surface area contributed by atoms with Crippen LogP contribution in [0.3, 0.4) is 0 Å². The minimum atomic E-state index is -1.09. The lowest BCUT2D eigenvalue weighted by molar-refractivity contribution is -0.144. The first-order valence-electron chi connectivity index (χ1n) is 11.8. The highest BCUT2D eigenvalue weighted by Gasteiger charge is 2.31. The molecule has 0 bridgehead atoms. The van der Waals surface area contributed by atoms with Crippen LogP contribution in [0.4, 0.5) is 5.82 Å². The van der Waals surface area contributed by atoms with E-state index in [1.807, 2.05) is 37.3 Å². The minimum absolute atomic E-state index is 0.314. The summed E-state index contributed by atoms with van der Waals surface area (Å²) < 4.78 is 5.38. The number of ether oxygens (including phenoxy) is 1. The van der Waals surface area contributed by atoms with Gasteiger partial charge in [0.1, 0.15) is 5.69 Å². The molecule has 1 unspecified atom stereocenters. The zero-order valence-corrected chi connectivity index (χ0v) is 19.1. The number of hydrogen-bond donors (Lipinski definition) is 0. The van der Waals surface area contributed by atoms with Crippen molar-refractivity contribution < 1.29 is 9.53 Å². The van der Waals surface area contributed by atoms with E-state index in [9.17, 15) is 10.1 Å². The second-order valence-corrected chi connectivity index (χ2v) is 8.62. The van der Waals surface area contributed by atoms with Gasteiger partial charge in [-0.1, -0.05) is 55.8 Å². The number of esters is 1. The summed E-state index contributed by atoms with van der Waals surface area (Å²) in [5.41, 5.74) is 3.20. The van der Waals surface area contributed by atoms with E-state index in [0.29, 0.717) is 29.6 Å². The van der Waals surface area contributed by atoms with Crippen molar-refractivity contribution in [2.24, 2.45) is 5.92 Å². The smallest absolute Gasteiger partial charge is 0.329 e. The predicted octanol–water partition coefficient (Wildman–Crippen LogP) is 5.04. The van der Waals surface area contributed by atoms with E-state index in [2.05, 4.69) is 35.2 Å². The van der Waals surface area contributed by atoms with E-state index in [-0.39, 0.29) is 0 Å². The molecule has 0 radical (unpaired) electrons. The van der Waals surface area contributed by atoms with Gasteiger partial charge in [0.05, 0.1) is 23.7 Å². The number of aromatic nitrogens is 2. The summed E-state index contributed by atoms with van der Waals surface area (Å²) in [6.45, 7) is 3.99. The quantitative estimate of drug-likeness (QED) is 0.359. The van der Waals surface area contributed by atoms with Crippen LogP contribution in [0.2, 0.25) is 0 Å². The SMILES string of the molecule is CCCCOC(=O)C(C#N)c1nc2ccccc2nc1N1CCC(Cc2ccccc2)CC1. The predicted molar refractivity (Wildman–Crippen MR) is 129 cm³/mol. The zero-order chi connectivity index (χ0) is 23.0.